The summed E-state index contributed by atoms with van der Waals surface area (Å²) in [7, 11) is 0. The van der Waals surface area contributed by atoms with E-state index in [2.05, 4.69) is 5.32 Å². The fourth-order valence-corrected chi connectivity index (χ4v) is 1.54. The number of rotatable bonds is 6. The molecule has 21 heavy (non-hydrogen) atoms. The molecule has 0 saturated carbocycles. The average Bonchev–Trinajstić information content (AvgIpc) is 2.42. The van der Waals surface area contributed by atoms with Crippen LogP contribution < -0.4 is 5.32 Å². The number of aliphatic carboxylic acids is 1. The zero-order valence-corrected chi connectivity index (χ0v) is 11.6. The number of hydrogen-bond donors (Lipinski definition) is 2. The Morgan fingerprint density at radius 1 is 1.33 bits per heavy atom. The molecule has 8 nitrogen and oxygen atoms in total. The van der Waals surface area contributed by atoms with Gasteiger partial charge in [0.1, 0.15) is 12.6 Å². The Kier molecular flexibility index (Phi) is 5.65. The molecule has 0 aliphatic carbocycles. The van der Waals surface area contributed by atoms with Crippen molar-refractivity contribution in [3.8, 4) is 0 Å². The summed E-state index contributed by atoms with van der Waals surface area (Å²) in [6, 6.07) is 4.48. The summed E-state index contributed by atoms with van der Waals surface area (Å²) in [5.41, 5.74) is 0.501. The molecule has 8 heteroatoms. The van der Waals surface area contributed by atoms with Gasteiger partial charge in [-0.25, -0.2) is 9.59 Å². The number of carboxylic acids is 1. The first-order valence-corrected chi connectivity index (χ1v) is 6.20. The highest BCUT2D eigenvalue weighted by molar-refractivity contribution is 5.80. The van der Waals surface area contributed by atoms with Gasteiger partial charge < -0.3 is 15.2 Å². The van der Waals surface area contributed by atoms with E-state index in [4.69, 9.17) is 9.84 Å². The predicted molar refractivity (Wildman–Crippen MR) is 72.7 cm³/mol. The van der Waals surface area contributed by atoms with Crippen molar-refractivity contribution in [3.63, 3.8) is 0 Å². The van der Waals surface area contributed by atoms with Gasteiger partial charge in [-0.15, -0.1) is 0 Å². The lowest BCUT2D eigenvalue weighted by atomic mass is 10.1. The third-order valence-corrected chi connectivity index (χ3v) is 2.72. The zero-order valence-electron chi connectivity index (χ0n) is 11.6. The number of amides is 1. The predicted octanol–water partition coefficient (Wildman–Crippen LogP) is 1.93. The van der Waals surface area contributed by atoms with Gasteiger partial charge in [0.05, 0.1) is 4.92 Å². The Morgan fingerprint density at radius 3 is 2.33 bits per heavy atom. The number of alkyl carbamates (subject to hydrolysis) is 1. The molecule has 0 aliphatic heterocycles. The molecule has 2 N–H and O–H groups in total. The summed E-state index contributed by atoms with van der Waals surface area (Å²) >= 11 is 0. The minimum Gasteiger partial charge on any atom is -0.480 e. The molecule has 0 radical (unpaired) electrons. The van der Waals surface area contributed by atoms with Crippen molar-refractivity contribution in [2.45, 2.75) is 26.5 Å². The smallest absolute Gasteiger partial charge is 0.408 e. The first-order chi connectivity index (χ1) is 9.81. The van der Waals surface area contributed by atoms with Crippen LogP contribution in [0.2, 0.25) is 0 Å². The van der Waals surface area contributed by atoms with Crippen LogP contribution >= 0.6 is 0 Å². The van der Waals surface area contributed by atoms with Crippen molar-refractivity contribution in [2.24, 2.45) is 5.92 Å². The summed E-state index contributed by atoms with van der Waals surface area (Å²) in [6.07, 6.45) is -0.852. The maximum Gasteiger partial charge on any atom is 0.408 e. The normalized spacial score (nSPS) is 11.8. The van der Waals surface area contributed by atoms with E-state index in [1.54, 1.807) is 13.8 Å². The standard InChI is InChI=1S/C13H16N2O6/c1-8(2)11(12(16)17)14-13(18)21-7-9-3-5-10(6-4-9)15(19)20/h3-6,8,11H,7H2,1-2H3,(H,14,18)(H,16,17)/t11-/m0/s1. The number of carbonyl (C=O) groups excluding carboxylic acids is 1. The topological polar surface area (TPSA) is 119 Å². The Bertz CT molecular complexity index is 526. The average molecular weight is 296 g/mol. The van der Waals surface area contributed by atoms with Crippen molar-refractivity contribution in [2.75, 3.05) is 0 Å². The molecule has 1 aromatic rings. The lowest BCUT2D eigenvalue weighted by Gasteiger charge is -2.17. The van der Waals surface area contributed by atoms with E-state index in [0.717, 1.165) is 0 Å². The highest BCUT2D eigenvalue weighted by Gasteiger charge is 2.23. The number of nitrogens with one attached hydrogen (secondary N) is 1. The number of nitro groups is 1. The summed E-state index contributed by atoms with van der Waals surface area (Å²) in [5.74, 6) is -1.42. The van der Waals surface area contributed by atoms with Gasteiger partial charge in [-0.1, -0.05) is 13.8 Å². The fourth-order valence-electron chi connectivity index (χ4n) is 1.54. The molecular weight excluding hydrogens is 280 g/mol. The number of nitro benzene ring substituents is 1. The fraction of sp³-hybridized carbons (Fsp3) is 0.385. The zero-order chi connectivity index (χ0) is 16.0. The van der Waals surface area contributed by atoms with Crippen molar-refractivity contribution >= 4 is 17.7 Å². The Morgan fingerprint density at radius 2 is 1.90 bits per heavy atom. The Balaban J connectivity index is 2.52. The lowest BCUT2D eigenvalue weighted by Crippen LogP contribution is -2.44. The Labute approximate surface area is 120 Å². The van der Waals surface area contributed by atoms with E-state index in [1.165, 1.54) is 24.3 Å². The van der Waals surface area contributed by atoms with Crippen LogP contribution in [0.4, 0.5) is 10.5 Å². The molecule has 1 rings (SSSR count). The SMILES string of the molecule is CC(C)[C@H](NC(=O)OCc1ccc([N+](=O)[O-])cc1)C(=O)O. The molecule has 0 fully saturated rings. The van der Waals surface area contributed by atoms with Gasteiger partial charge >= 0.3 is 12.1 Å². The molecular formula is C13H16N2O6. The van der Waals surface area contributed by atoms with Crippen LogP contribution in [0.3, 0.4) is 0 Å². The molecule has 1 amide bonds. The summed E-state index contributed by atoms with van der Waals surface area (Å²) in [6.45, 7) is 3.22. The summed E-state index contributed by atoms with van der Waals surface area (Å²) in [5, 5.41) is 21.7. The molecule has 0 bridgehead atoms. The first kappa shape index (κ1) is 16.4. The highest BCUT2D eigenvalue weighted by Crippen LogP contribution is 2.12. The van der Waals surface area contributed by atoms with E-state index < -0.39 is 23.0 Å². The number of carboxylic acid groups (broad SMARTS) is 1. The van der Waals surface area contributed by atoms with Crippen LogP contribution in [-0.4, -0.2) is 28.1 Å². The maximum absolute atomic E-state index is 11.5. The number of nitrogens with zero attached hydrogens (tertiary/aromatic N) is 1. The molecule has 0 heterocycles. The van der Waals surface area contributed by atoms with Crippen LogP contribution in [-0.2, 0) is 16.1 Å². The summed E-state index contributed by atoms with van der Waals surface area (Å²) in [4.78, 5) is 32.4. The highest BCUT2D eigenvalue weighted by atomic mass is 16.6. The third kappa shape index (κ3) is 5.09. The van der Waals surface area contributed by atoms with Gasteiger partial charge in [0.2, 0.25) is 0 Å². The van der Waals surface area contributed by atoms with Gasteiger partial charge in [-0.2, -0.15) is 0 Å². The molecule has 0 aliphatic rings. The van der Waals surface area contributed by atoms with E-state index in [-0.39, 0.29) is 18.2 Å². The monoisotopic (exact) mass is 296 g/mol. The van der Waals surface area contributed by atoms with E-state index in [0.29, 0.717) is 5.56 Å². The molecule has 1 atom stereocenters. The second-order valence-corrected chi connectivity index (χ2v) is 4.70. The van der Waals surface area contributed by atoms with Crippen molar-refractivity contribution < 1.29 is 24.4 Å². The second-order valence-electron chi connectivity index (χ2n) is 4.70. The molecule has 0 unspecified atom stereocenters. The van der Waals surface area contributed by atoms with E-state index >= 15 is 0 Å². The lowest BCUT2D eigenvalue weighted by molar-refractivity contribution is -0.384. The Hall–Kier alpha value is -2.64. The molecule has 1 aromatic carbocycles. The van der Waals surface area contributed by atoms with Gasteiger partial charge in [0.15, 0.2) is 0 Å². The molecule has 114 valence electrons. The van der Waals surface area contributed by atoms with Crippen LogP contribution in [0.25, 0.3) is 0 Å². The van der Waals surface area contributed by atoms with Crippen molar-refractivity contribution in [1.82, 2.24) is 5.32 Å². The first-order valence-electron chi connectivity index (χ1n) is 6.20. The van der Waals surface area contributed by atoms with Gasteiger partial charge in [-0.05, 0) is 23.6 Å². The minimum absolute atomic E-state index is 0.0612. The molecule has 0 aromatic heterocycles. The number of carbonyl (C=O) groups is 2. The van der Waals surface area contributed by atoms with E-state index in [9.17, 15) is 19.7 Å². The van der Waals surface area contributed by atoms with Crippen molar-refractivity contribution in [1.29, 1.82) is 0 Å². The largest absolute Gasteiger partial charge is 0.480 e. The number of ether oxygens (including phenoxy) is 1. The number of non-ortho nitro benzene ring substituents is 1. The van der Waals surface area contributed by atoms with E-state index in [1.807, 2.05) is 0 Å². The van der Waals surface area contributed by atoms with Crippen molar-refractivity contribution in [3.05, 3.63) is 39.9 Å². The second kappa shape index (κ2) is 7.22. The maximum atomic E-state index is 11.5. The van der Waals surface area contributed by atoms with Crippen LogP contribution in [0, 0.1) is 16.0 Å². The third-order valence-electron chi connectivity index (χ3n) is 2.72. The van der Waals surface area contributed by atoms with Gasteiger partial charge in [0, 0.05) is 12.1 Å². The van der Waals surface area contributed by atoms with Crippen LogP contribution in [0.5, 0.6) is 0 Å². The number of hydrogen-bond acceptors (Lipinski definition) is 5. The van der Waals surface area contributed by atoms with Gasteiger partial charge in [0.25, 0.3) is 5.69 Å². The number of benzene rings is 1. The van der Waals surface area contributed by atoms with Crippen LogP contribution in [0.1, 0.15) is 19.4 Å². The molecule has 0 spiro atoms. The van der Waals surface area contributed by atoms with Crippen LogP contribution in [0.15, 0.2) is 24.3 Å². The molecule has 0 saturated heterocycles. The quantitative estimate of drug-likeness (QED) is 0.611. The summed E-state index contributed by atoms with van der Waals surface area (Å²) < 4.78 is 4.88. The minimum atomic E-state index is -1.14. The van der Waals surface area contributed by atoms with Gasteiger partial charge in [-0.3, -0.25) is 10.1 Å².